The van der Waals surface area contributed by atoms with Crippen molar-refractivity contribution in [3.63, 3.8) is 0 Å². The summed E-state index contributed by atoms with van der Waals surface area (Å²) in [6.07, 6.45) is 5.35. The van der Waals surface area contributed by atoms with Gasteiger partial charge < -0.3 is 16.0 Å². The molecular formula is C26H26F3N5O. The molecule has 4 heterocycles. The first kappa shape index (κ1) is 23.3. The highest BCUT2D eigenvalue weighted by Crippen LogP contribution is 2.35. The zero-order valence-electron chi connectivity index (χ0n) is 19.2. The zero-order chi connectivity index (χ0) is 24.5. The lowest BCUT2D eigenvalue weighted by Crippen LogP contribution is -2.44. The molecule has 0 spiro atoms. The fraction of sp³-hybridized carbons (Fsp3) is 0.346. The van der Waals surface area contributed by atoms with Crippen molar-refractivity contribution in [2.75, 3.05) is 29.9 Å². The van der Waals surface area contributed by atoms with Crippen LogP contribution in [0.1, 0.15) is 40.9 Å². The zero-order valence-corrected chi connectivity index (χ0v) is 19.2. The number of hydrogen-bond donors (Lipinski definition) is 2. The normalized spacial score (nSPS) is 17.6. The summed E-state index contributed by atoms with van der Waals surface area (Å²) in [4.78, 5) is 24.1. The van der Waals surface area contributed by atoms with E-state index < -0.39 is 34.5 Å². The first-order chi connectivity index (χ1) is 16.9. The van der Waals surface area contributed by atoms with E-state index in [1.54, 1.807) is 6.20 Å². The van der Waals surface area contributed by atoms with E-state index in [2.05, 4.69) is 20.2 Å². The number of piperidine rings is 1. The highest BCUT2D eigenvalue weighted by atomic mass is 19.1. The molecule has 182 valence electrons. The molecule has 0 aliphatic carbocycles. The molecule has 6 nitrogen and oxygen atoms in total. The van der Waals surface area contributed by atoms with Crippen molar-refractivity contribution >= 4 is 17.3 Å². The molecule has 0 radical (unpaired) electrons. The van der Waals surface area contributed by atoms with E-state index in [4.69, 9.17) is 5.73 Å². The molecule has 1 fully saturated rings. The van der Waals surface area contributed by atoms with Gasteiger partial charge in [0.2, 0.25) is 0 Å². The summed E-state index contributed by atoms with van der Waals surface area (Å²) < 4.78 is 43.1. The third-order valence-electron chi connectivity index (χ3n) is 6.58. The van der Waals surface area contributed by atoms with E-state index >= 15 is 0 Å². The summed E-state index contributed by atoms with van der Waals surface area (Å²) >= 11 is 0. The SMILES string of the molecule is N[C@H]1CCCN(c2c(CC(=O)c3ccc(F)c(-c4c(F)cccc4F)n3)cnc3c2CCCN3)C1. The third kappa shape index (κ3) is 4.60. The summed E-state index contributed by atoms with van der Waals surface area (Å²) in [7, 11) is 0. The van der Waals surface area contributed by atoms with E-state index in [1.807, 2.05) is 0 Å². The van der Waals surface area contributed by atoms with Crippen LogP contribution in [0.4, 0.5) is 24.7 Å². The lowest BCUT2D eigenvalue weighted by Gasteiger charge is -2.36. The van der Waals surface area contributed by atoms with Gasteiger partial charge in [-0.25, -0.2) is 23.1 Å². The number of aromatic nitrogens is 2. The van der Waals surface area contributed by atoms with Crippen molar-refractivity contribution in [2.45, 2.75) is 38.1 Å². The van der Waals surface area contributed by atoms with E-state index in [-0.39, 0.29) is 18.2 Å². The summed E-state index contributed by atoms with van der Waals surface area (Å²) in [6.45, 7) is 2.35. The molecule has 0 unspecified atom stereocenters. The number of fused-ring (bicyclic) bond motifs is 1. The first-order valence-corrected chi connectivity index (χ1v) is 11.8. The number of Topliss-reactive ketones (excluding diaryl/α,β-unsaturated/α-hetero) is 1. The van der Waals surface area contributed by atoms with Crippen LogP contribution >= 0.6 is 0 Å². The van der Waals surface area contributed by atoms with Gasteiger partial charge in [0, 0.05) is 55.1 Å². The molecule has 35 heavy (non-hydrogen) atoms. The third-order valence-corrected chi connectivity index (χ3v) is 6.58. The Labute approximate surface area is 201 Å². The van der Waals surface area contributed by atoms with Crippen LogP contribution in [0.15, 0.2) is 36.5 Å². The molecule has 2 aliphatic rings. The van der Waals surface area contributed by atoms with Crippen molar-refractivity contribution in [2.24, 2.45) is 5.73 Å². The standard InChI is InChI=1S/C26H26F3N5O/c27-18-6-1-7-19(28)23(18)24-20(29)8-9-21(33-24)22(35)12-15-13-32-26-17(5-2-10-31-26)25(15)34-11-3-4-16(30)14-34/h1,6-9,13,16H,2-5,10-12,14,30H2,(H,31,32)/t16-/m0/s1. The lowest BCUT2D eigenvalue weighted by atomic mass is 9.95. The maximum Gasteiger partial charge on any atom is 0.185 e. The highest BCUT2D eigenvalue weighted by molar-refractivity contribution is 5.97. The number of hydrogen-bond acceptors (Lipinski definition) is 6. The molecule has 1 saturated heterocycles. The Balaban J connectivity index is 1.51. The minimum absolute atomic E-state index is 0.0286. The molecule has 0 bridgehead atoms. The van der Waals surface area contributed by atoms with Crippen LogP contribution in [0.5, 0.6) is 0 Å². The highest BCUT2D eigenvalue weighted by Gasteiger charge is 2.27. The fourth-order valence-corrected chi connectivity index (χ4v) is 4.95. The summed E-state index contributed by atoms with van der Waals surface area (Å²) in [5.41, 5.74) is 7.82. The van der Waals surface area contributed by atoms with Gasteiger partial charge in [-0.05, 0) is 49.9 Å². The van der Waals surface area contributed by atoms with Crippen molar-refractivity contribution in [3.05, 3.63) is 70.8 Å². The van der Waals surface area contributed by atoms with Crippen LogP contribution in [0.25, 0.3) is 11.3 Å². The van der Waals surface area contributed by atoms with Crippen molar-refractivity contribution in [3.8, 4) is 11.3 Å². The van der Waals surface area contributed by atoms with Crippen LogP contribution in [-0.2, 0) is 12.8 Å². The Bertz CT molecular complexity index is 1260. The van der Waals surface area contributed by atoms with Gasteiger partial charge in [0.15, 0.2) is 5.78 Å². The number of rotatable bonds is 5. The molecule has 5 rings (SSSR count). The number of anilines is 2. The first-order valence-electron chi connectivity index (χ1n) is 11.8. The summed E-state index contributed by atoms with van der Waals surface area (Å²) in [6, 6.07) is 5.54. The number of pyridine rings is 2. The monoisotopic (exact) mass is 481 g/mol. The smallest absolute Gasteiger partial charge is 0.185 e. The molecule has 0 saturated carbocycles. The quantitative estimate of drug-likeness (QED) is 0.530. The van der Waals surface area contributed by atoms with Crippen LogP contribution in [0, 0.1) is 17.5 Å². The molecule has 3 aromatic rings. The number of carbonyl (C=O) groups is 1. The number of halogens is 3. The Morgan fingerprint density at radius 3 is 2.69 bits per heavy atom. The largest absolute Gasteiger partial charge is 0.370 e. The number of benzene rings is 1. The van der Waals surface area contributed by atoms with Gasteiger partial charge in [0.25, 0.3) is 0 Å². The van der Waals surface area contributed by atoms with Gasteiger partial charge in [0.05, 0.1) is 5.56 Å². The second kappa shape index (κ2) is 9.65. The molecule has 3 N–H and O–H groups in total. The maximum absolute atomic E-state index is 14.5. The molecule has 2 aromatic heterocycles. The molecule has 1 aromatic carbocycles. The second-order valence-electron chi connectivity index (χ2n) is 9.06. The Kier molecular flexibility index (Phi) is 6.42. The van der Waals surface area contributed by atoms with E-state index in [9.17, 15) is 18.0 Å². The number of carbonyl (C=O) groups excluding carboxylic acids is 1. The van der Waals surface area contributed by atoms with Crippen LogP contribution in [0.2, 0.25) is 0 Å². The summed E-state index contributed by atoms with van der Waals surface area (Å²) in [5, 5.41) is 3.33. The Morgan fingerprint density at radius 1 is 1.11 bits per heavy atom. The number of nitrogens with one attached hydrogen (secondary N) is 1. The maximum atomic E-state index is 14.5. The minimum Gasteiger partial charge on any atom is -0.370 e. The number of nitrogens with two attached hydrogens (primary N) is 1. The van der Waals surface area contributed by atoms with E-state index in [1.165, 1.54) is 12.1 Å². The number of nitrogens with zero attached hydrogens (tertiary/aromatic N) is 3. The van der Waals surface area contributed by atoms with E-state index in [0.717, 1.165) is 79.6 Å². The molecular weight excluding hydrogens is 455 g/mol. The minimum atomic E-state index is -0.948. The Hall–Kier alpha value is -3.46. The average Bonchev–Trinajstić information content (AvgIpc) is 2.84. The van der Waals surface area contributed by atoms with Crippen molar-refractivity contribution in [1.82, 2.24) is 9.97 Å². The van der Waals surface area contributed by atoms with Gasteiger partial charge in [0.1, 0.15) is 34.7 Å². The fourth-order valence-electron chi connectivity index (χ4n) is 4.95. The second-order valence-corrected chi connectivity index (χ2v) is 9.06. The van der Waals surface area contributed by atoms with Gasteiger partial charge in [-0.3, -0.25) is 4.79 Å². The lowest BCUT2D eigenvalue weighted by molar-refractivity contribution is 0.0988. The van der Waals surface area contributed by atoms with Gasteiger partial charge >= 0.3 is 0 Å². The van der Waals surface area contributed by atoms with Gasteiger partial charge in [-0.15, -0.1) is 0 Å². The number of ketones is 1. The Morgan fingerprint density at radius 2 is 1.91 bits per heavy atom. The molecule has 0 amide bonds. The molecule has 9 heteroatoms. The predicted molar refractivity (Wildman–Crippen MR) is 128 cm³/mol. The van der Waals surface area contributed by atoms with E-state index in [0.29, 0.717) is 6.54 Å². The van der Waals surface area contributed by atoms with Crippen LogP contribution in [0.3, 0.4) is 0 Å². The molecule has 1 atom stereocenters. The topological polar surface area (TPSA) is 84.1 Å². The molecule has 2 aliphatic heterocycles. The predicted octanol–water partition coefficient (Wildman–Crippen LogP) is 4.27. The van der Waals surface area contributed by atoms with Gasteiger partial charge in [-0.1, -0.05) is 6.07 Å². The van der Waals surface area contributed by atoms with Crippen LogP contribution in [-0.4, -0.2) is 41.4 Å². The van der Waals surface area contributed by atoms with Crippen LogP contribution < -0.4 is 16.0 Å². The van der Waals surface area contributed by atoms with Crippen molar-refractivity contribution < 1.29 is 18.0 Å². The van der Waals surface area contributed by atoms with Crippen molar-refractivity contribution in [1.29, 1.82) is 0 Å². The van der Waals surface area contributed by atoms with Gasteiger partial charge in [-0.2, -0.15) is 0 Å². The average molecular weight is 482 g/mol. The summed E-state index contributed by atoms with van der Waals surface area (Å²) in [5.74, 6) is -2.38.